The van der Waals surface area contributed by atoms with Gasteiger partial charge >= 0.3 is 0 Å². The fourth-order valence-corrected chi connectivity index (χ4v) is 3.96. The Morgan fingerprint density at radius 2 is 2.00 bits per heavy atom. The molecule has 2 aromatic rings. The number of para-hydroxylation sites is 2. The first-order chi connectivity index (χ1) is 12.3. The molecule has 4 nitrogen and oxygen atoms in total. The maximum absolute atomic E-state index is 12.6. The highest BCUT2D eigenvalue weighted by Crippen LogP contribution is 2.29. The van der Waals surface area contributed by atoms with E-state index in [0.717, 1.165) is 51.1 Å². The zero-order valence-corrected chi connectivity index (χ0v) is 15.7. The molecule has 0 aromatic heterocycles. The Labute approximate surface area is 161 Å². The van der Waals surface area contributed by atoms with E-state index < -0.39 is 0 Å². The van der Waals surface area contributed by atoms with Gasteiger partial charge in [-0.3, -0.25) is 9.69 Å². The van der Waals surface area contributed by atoms with Gasteiger partial charge < -0.3 is 10.6 Å². The maximum Gasteiger partial charge on any atom is 0.228 e. The molecular formula is C21H26ClN3O. The number of benzene rings is 2. The second-order valence-electron chi connectivity index (χ2n) is 7.06. The normalized spacial score (nSPS) is 19.2. The molecule has 0 aliphatic carbocycles. The molecule has 2 aliphatic rings. The Bertz CT molecular complexity index is 750. The topological polar surface area (TPSA) is 44.4 Å². The van der Waals surface area contributed by atoms with Crippen molar-refractivity contribution in [3.05, 3.63) is 59.7 Å². The van der Waals surface area contributed by atoms with Crippen LogP contribution in [0.5, 0.6) is 0 Å². The summed E-state index contributed by atoms with van der Waals surface area (Å²) in [7, 11) is 0. The smallest absolute Gasteiger partial charge is 0.228 e. The minimum absolute atomic E-state index is 0. The number of hydrogen-bond acceptors (Lipinski definition) is 3. The van der Waals surface area contributed by atoms with Gasteiger partial charge in [-0.2, -0.15) is 0 Å². The molecule has 0 bridgehead atoms. The quantitative estimate of drug-likeness (QED) is 0.855. The number of amides is 1. The molecular weight excluding hydrogens is 346 g/mol. The van der Waals surface area contributed by atoms with Crippen LogP contribution >= 0.6 is 12.4 Å². The van der Waals surface area contributed by atoms with Gasteiger partial charge in [0.1, 0.15) is 0 Å². The third-order valence-corrected chi connectivity index (χ3v) is 5.24. The van der Waals surface area contributed by atoms with Crippen molar-refractivity contribution in [3.8, 4) is 0 Å². The first kappa shape index (κ1) is 18.7. The van der Waals surface area contributed by atoms with Gasteiger partial charge in [-0.1, -0.05) is 36.4 Å². The number of anilines is 2. The number of rotatable bonds is 4. The van der Waals surface area contributed by atoms with Crippen molar-refractivity contribution in [2.45, 2.75) is 25.8 Å². The summed E-state index contributed by atoms with van der Waals surface area (Å²) in [6.07, 6.45) is 3.17. The summed E-state index contributed by atoms with van der Waals surface area (Å²) in [6, 6.07) is 16.3. The molecule has 2 N–H and O–H groups in total. The fraction of sp³-hybridized carbons (Fsp3) is 0.381. The molecule has 138 valence electrons. The summed E-state index contributed by atoms with van der Waals surface area (Å²) in [5.74, 6) is 0.214. The summed E-state index contributed by atoms with van der Waals surface area (Å²) in [6.45, 7) is 3.86. The number of carbonyl (C=O) groups is 1. The zero-order chi connectivity index (χ0) is 17.1. The van der Waals surface area contributed by atoms with Crippen LogP contribution in [0.25, 0.3) is 0 Å². The number of piperidine rings is 1. The van der Waals surface area contributed by atoms with Gasteiger partial charge in [0.15, 0.2) is 0 Å². The zero-order valence-electron chi connectivity index (χ0n) is 14.9. The first-order valence-electron chi connectivity index (χ1n) is 9.22. The van der Waals surface area contributed by atoms with Crippen molar-refractivity contribution in [2.75, 3.05) is 30.3 Å². The van der Waals surface area contributed by atoms with E-state index in [2.05, 4.69) is 33.7 Å². The van der Waals surface area contributed by atoms with Gasteiger partial charge in [0.25, 0.3) is 0 Å². The van der Waals surface area contributed by atoms with Crippen LogP contribution in [-0.4, -0.2) is 30.4 Å². The predicted octanol–water partition coefficient (Wildman–Crippen LogP) is 3.93. The van der Waals surface area contributed by atoms with E-state index in [9.17, 15) is 4.79 Å². The average Bonchev–Trinajstić information content (AvgIpc) is 3.13. The average molecular weight is 372 g/mol. The highest BCUT2D eigenvalue weighted by Gasteiger charge is 2.26. The molecule has 1 fully saturated rings. The lowest BCUT2D eigenvalue weighted by Gasteiger charge is -2.32. The van der Waals surface area contributed by atoms with E-state index in [1.165, 1.54) is 16.8 Å². The van der Waals surface area contributed by atoms with Gasteiger partial charge in [-0.25, -0.2) is 0 Å². The second-order valence-corrected chi connectivity index (χ2v) is 7.06. The lowest BCUT2D eigenvalue weighted by Crippen LogP contribution is -2.40. The number of hydrogen-bond donors (Lipinski definition) is 2. The van der Waals surface area contributed by atoms with Crippen molar-refractivity contribution in [2.24, 2.45) is 5.92 Å². The summed E-state index contributed by atoms with van der Waals surface area (Å²) in [4.78, 5) is 15.0. The van der Waals surface area contributed by atoms with Crippen molar-refractivity contribution in [3.63, 3.8) is 0 Å². The Morgan fingerprint density at radius 3 is 2.85 bits per heavy atom. The molecule has 26 heavy (non-hydrogen) atoms. The molecule has 1 unspecified atom stereocenters. The monoisotopic (exact) mass is 371 g/mol. The van der Waals surface area contributed by atoms with Crippen LogP contribution < -0.4 is 10.6 Å². The van der Waals surface area contributed by atoms with Gasteiger partial charge in [-0.15, -0.1) is 12.4 Å². The Balaban J connectivity index is 0.00000196. The van der Waals surface area contributed by atoms with Crippen molar-refractivity contribution < 1.29 is 4.79 Å². The van der Waals surface area contributed by atoms with E-state index in [1.807, 2.05) is 30.3 Å². The van der Waals surface area contributed by atoms with Crippen LogP contribution in [0.1, 0.15) is 24.0 Å². The molecule has 1 atom stereocenters. The molecule has 0 spiro atoms. The summed E-state index contributed by atoms with van der Waals surface area (Å²) < 4.78 is 0. The largest absolute Gasteiger partial charge is 0.384 e. The summed E-state index contributed by atoms with van der Waals surface area (Å²) in [5, 5.41) is 6.58. The predicted molar refractivity (Wildman–Crippen MR) is 109 cm³/mol. The standard InChI is InChI=1S/C21H25N3O.ClH/c25-21(23-19-9-2-1-3-10-19)18-8-5-13-24(15-18)14-17-7-4-6-16-11-12-22-20(16)17;/h1-4,6-7,9-10,18,22H,5,8,11-15H2,(H,23,25);1H. The van der Waals surface area contributed by atoms with Crippen LogP contribution in [-0.2, 0) is 17.8 Å². The summed E-state index contributed by atoms with van der Waals surface area (Å²) >= 11 is 0. The molecule has 0 radical (unpaired) electrons. The molecule has 4 rings (SSSR count). The molecule has 1 saturated heterocycles. The van der Waals surface area contributed by atoms with E-state index in [-0.39, 0.29) is 24.2 Å². The van der Waals surface area contributed by atoms with Gasteiger partial charge in [0.05, 0.1) is 5.92 Å². The van der Waals surface area contributed by atoms with E-state index in [1.54, 1.807) is 0 Å². The molecule has 2 heterocycles. The molecule has 5 heteroatoms. The third-order valence-electron chi connectivity index (χ3n) is 5.24. The molecule has 0 saturated carbocycles. The van der Waals surface area contributed by atoms with Crippen molar-refractivity contribution in [1.82, 2.24) is 4.90 Å². The lowest BCUT2D eigenvalue weighted by molar-refractivity contribution is -0.121. The SMILES string of the molecule is Cl.O=C(Nc1ccccc1)C1CCCN(Cc2cccc3c2NCC3)C1. The third kappa shape index (κ3) is 4.19. The number of carbonyl (C=O) groups excluding carboxylic acids is 1. The van der Waals surface area contributed by atoms with Crippen LogP contribution in [0.2, 0.25) is 0 Å². The van der Waals surface area contributed by atoms with Gasteiger partial charge in [0.2, 0.25) is 5.91 Å². The Kier molecular flexibility index (Phi) is 6.17. The summed E-state index contributed by atoms with van der Waals surface area (Å²) in [5.41, 5.74) is 4.99. The fourth-order valence-electron chi connectivity index (χ4n) is 3.96. The van der Waals surface area contributed by atoms with Gasteiger partial charge in [0, 0.05) is 31.0 Å². The van der Waals surface area contributed by atoms with E-state index in [0.29, 0.717) is 0 Å². The van der Waals surface area contributed by atoms with Crippen molar-refractivity contribution in [1.29, 1.82) is 0 Å². The van der Waals surface area contributed by atoms with Crippen LogP contribution in [0.15, 0.2) is 48.5 Å². The number of fused-ring (bicyclic) bond motifs is 1. The lowest BCUT2D eigenvalue weighted by atomic mass is 9.96. The van der Waals surface area contributed by atoms with Crippen LogP contribution in [0.4, 0.5) is 11.4 Å². The first-order valence-corrected chi connectivity index (χ1v) is 9.22. The van der Waals surface area contributed by atoms with Crippen molar-refractivity contribution >= 4 is 29.7 Å². The second kappa shape index (κ2) is 8.56. The molecule has 1 amide bonds. The highest BCUT2D eigenvalue weighted by atomic mass is 35.5. The molecule has 2 aromatic carbocycles. The van der Waals surface area contributed by atoms with Crippen LogP contribution in [0.3, 0.4) is 0 Å². The minimum Gasteiger partial charge on any atom is -0.384 e. The highest BCUT2D eigenvalue weighted by molar-refractivity contribution is 5.92. The minimum atomic E-state index is 0. The van der Waals surface area contributed by atoms with E-state index in [4.69, 9.17) is 0 Å². The molecule has 2 aliphatic heterocycles. The maximum atomic E-state index is 12.6. The van der Waals surface area contributed by atoms with Crippen LogP contribution in [0, 0.1) is 5.92 Å². The Morgan fingerprint density at radius 1 is 1.15 bits per heavy atom. The number of nitrogens with one attached hydrogen (secondary N) is 2. The number of nitrogens with zero attached hydrogens (tertiary/aromatic N) is 1. The number of halogens is 1. The van der Waals surface area contributed by atoms with E-state index >= 15 is 0 Å². The Hall–Kier alpha value is -2.04. The van der Waals surface area contributed by atoms with Gasteiger partial charge in [-0.05, 0) is 49.1 Å². The number of likely N-dealkylation sites (tertiary alicyclic amines) is 1.